The maximum atomic E-state index is 13.9. The summed E-state index contributed by atoms with van der Waals surface area (Å²) < 4.78 is 31.3. The number of benzene rings is 3. The summed E-state index contributed by atoms with van der Waals surface area (Å²) in [6.07, 6.45) is 7.21. The van der Waals surface area contributed by atoms with Crippen LogP contribution in [0.5, 0.6) is 5.75 Å². The lowest BCUT2D eigenvalue weighted by molar-refractivity contribution is 0.305. The minimum Gasteiger partial charge on any atom is -0.487 e. The molecule has 5 aromatic rings. The van der Waals surface area contributed by atoms with Gasteiger partial charge in [0, 0.05) is 17.3 Å². The quantitative estimate of drug-likeness (QED) is 0.177. The number of ether oxygens (including phenoxy) is 1. The van der Waals surface area contributed by atoms with Gasteiger partial charge >= 0.3 is 0 Å². The predicted molar refractivity (Wildman–Crippen MR) is 160 cm³/mol. The molecular formula is C31H24Cl2FN7O. The highest BCUT2D eigenvalue weighted by Crippen LogP contribution is 2.42. The second kappa shape index (κ2) is 10.8. The molecule has 2 heterocycles. The van der Waals surface area contributed by atoms with Crippen molar-refractivity contribution >= 4 is 51.2 Å². The van der Waals surface area contributed by atoms with Crippen molar-refractivity contribution in [3.8, 4) is 11.8 Å². The molecule has 2 aliphatic carbocycles. The van der Waals surface area contributed by atoms with Crippen molar-refractivity contribution in [2.24, 2.45) is 0 Å². The fourth-order valence-corrected chi connectivity index (χ4v) is 5.21. The monoisotopic (exact) mass is 600 g/mol. The highest BCUT2D eigenvalue weighted by molar-refractivity contribution is 6.36. The number of rotatable bonds is 9. The molecule has 0 bridgehead atoms. The van der Waals surface area contributed by atoms with E-state index in [0.29, 0.717) is 55.0 Å². The Morgan fingerprint density at radius 3 is 2.64 bits per heavy atom. The molecule has 8 nitrogen and oxygen atoms in total. The van der Waals surface area contributed by atoms with Crippen molar-refractivity contribution in [1.29, 1.82) is 5.26 Å². The first kappa shape index (κ1) is 25.3. The normalized spacial score (nSPS) is 16.4. The molecule has 11 heteroatoms. The van der Waals surface area contributed by atoms with E-state index < -0.39 is 11.8 Å². The van der Waals surface area contributed by atoms with Crippen LogP contribution in [0.2, 0.25) is 10.0 Å². The second-order valence-corrected chi connectivity index (χ2v) is 11.2. The molecule has 7 rings (SSSR count). The number of nitriles is 1. The molecule has 42 heavy (non-hydrogen) atoms. The summed E-state index contributed by atoms with van der Waals surface area (Å²) in [5, 5.41) is 26.5. The number of halogens is 3. The maximum absolute atomic E-state index is 13.9. The number of hydrogen-bond donors (Lipinski definition) is 2. The summed E-state index contributed by atoms with van der Waals surface area (Å²) in [5.41, 5.74) is 3.03. The second-order valence-electron chi connectivity index (χ2n) is 10.4. The van der Waals surface area contributed by atoms with Crippen molar-refractivity contribution in [3.05, 3.63) is 99.7 Å². The van der Waals surface area contributed by atoms with E-state index in [1.165, 1.54) is 30.5 Å². The zero-order chi connectivity index (χ0) is 29.7. The van der Waals surface area contributed by atoms with Crippen LogP contribution in [0.4, 0.5) is 21.5 Å². The maximum Gasteiger partial charge on any atom is 0.161 e. The molecular weight excluding hydrogens is 576 g/mol. The van der Waals surface area contributed by atoms with E-state index in [1.54, 1.807) is 35.1 Å². The van der Waals surface area contributed by atoms with E-state index in [2.05, 4.69) is 32.0 Å². The average Bonchev–Trinajstić information content (AvgIpc) is 3.94. The molecule has 1 unspecified atom stereocenters. The summed E-state index contributed by atoms with van der Waals surface area (Å²) in [6.45, 7) is 0. The Labute approximate surface area is 252 Å². The van der Waals surface area contributed by atoms with E-state index in [9.17, 15) is 11.0 Å². The van der Waals surface area contributed by atoms with E-state index in [-0.39, 0.29) is 17.7 Å². The van der Waals surface area contributed by atoms with Gasteiger partial charge in [0.05, 0.1) is 58.2 Å². The van der Waals surface area contributed by atoms with Gasteiger partial charge in [-0.2, -0.15) is 5.26 Å². The van der Waals surface area contributed by atoms with Crippen LogP contribution in [-0.2, 0) is 0 Å². The van der Waals surface area contributed by atoms with Gasteiger partial charge in [0.25, 0.3) is 0 Å². The van der Waals surface area contributed by atoms with Crippen molar-refractivity contribution in [1.82, 2.24) is 20.0 Å². The zero-order valence-electron chi connectivity index (χ0n) is 23.1. The third-order valence-electron chi connectivity index (χ3n) is 7.17. The van der Waals surface area contributed by atoms with Crippen molar-refractivity contribution < 1.29 is 10.5 Å². The lowest BCUT2D eigenvalue weighted by Crippen LogP contribution is -2.13. The first-order chi connectivity index (χ1) is 20.8. The van der Waals surface area contributed by atoms with E-state index in [1.807, 2.05) is 6.07 Å². The number of fused-ring (bicyclic) bond motifs is 1. The van der Waals surface area contributed by atoms with Crippen molar-refractivity contribution in [2.45, 2.75) is 43.8 Å². The SMILES string of the molecule is [2H]C(Nc1cc(Cl)c2ncc(C#N)c(Nc3cccc(Cl)c3OC3CC3)c2c1)(c1ccc(F)cc1)c1cn(C2CC2)nn1. The van der Waals surface area contributed by atoms with Gasteiger partial charge in [0.15, 0.2) is 5.75 Å². The molecule has 2 N–H and O–H groups in total. The van der Waals surface area contributed by atoms with Crippen molar-refractivity contribution in [2.75, 3.05) is 10.6 Å². The highest BCUT2D eigenvalue weighted by atomic mass is 35.5. The molecule has 0 radical (unpaired) electrons. The van der Waals surface area contributed by atoms with Gasteiger partial charge in [0.1, 0.15) is 17.6 Å². The van der Waals surface area contributed by atoms with Crippen LogP contribution in [0.3, 0.4) is 0 Å². The number of pyridine rings is 1. The molecule has 2 fully saturated rings. The molecule has 0 amide bonds. The fourth-order valence-electron chi connectivity index (χ4n) is 4.72. The summed E-state index contributed by atoms with van der Waals surface area (Å²) in [6, 6.07) is 15.3. The number of nitrogens with zero attached hydrogens (tertiary/aromatic N) is 5. The van der Waals surface area contributed by atoms with Gasteiger partial charge in [-0.15, -0.1) is 5.10 Å². The minimum atomic E-state index is -1.65. The molecule has 3 aromatic carbocycles. The smallest absolute Gasteiger partial charge is 0.161 e. The molecule has 0 spiro atoms. The lowest BCUT2D eigenvalue weighted by Gasteiger charge is -2.20. The van der Waals surface area contributed by atoms with Crippen molar-refractivity contribution in [3.63, 3.8) is 0 Å². The molecule has 0 saturated heterocycles. The summed E-state index contributed by atoms with van der Waals surface area (Å²) in [4.78, 5) is 4.45. The Bertz CT molecular complexity index is 1900. The van der Waals surface area contributed by atoms with Gasteiger partial charge in [-0.25, -0.2) is 9.07 Å². The molecule has 0 aliphatic heterocycles. The van der Waals surface area contributed by atoms with Crippen LogP contribution in [-0.4, -0.2) is 26.1 Å². The average molecular weight is 601 g/mol. The van der Waals surface area contributed by atoms with Crippen LogP contribution in [0, 0.1) is 17.1 Å². The van der Waals surface area contributed by atoms with Crippen LogP contribution in [0.15, 0.2) is 67.0 Å². The number of nitrogens with one attached hydrogen (secondary N) is 2. The lowest BCUT2D eigenvalue weighted by atomic mass is 10.0. The minimum absolute atomic E-state index is 0.102. The van der Waals surface area contributed by atoms with Gasteiger partial charge in [-0.05, 0) is 67.6 Å². The predicted octanol–water partition coefficient (Wildman–Crippen LogP) is 7.97. The number of hydrogen-bond acceptors (Lipinski definition) is 7. The summed E-state index contributed by atoms with van der Waals surface area (Å²) >= 11 is 13.3. The Kier molecular flexibility index (Phi) is 6.50. The molecule has 1 atom stereocenters. The van der Waals surface area contributed by atoms with E-state index in [4.69, 9.17) is 27.9 Å². The first-order valence-corrected chi connectivity index (χ1v) is 14.3. The van der Waals surface area contributed by atoms with Gasteiger partial charge in [-0.1, -0.05) is 46.6 Å². The third-order valence-corrected chi connectivity index (χ3v) is 7.76. The summed E-state index contributed by atoms with van der Waals surface area (Å²) in [7, 11) is 0. The Morgan fingerprint density at radius 1 is 1.10 bits per heavy atom. The Hall–Kier alpha value is -4.39. The Morgan fingerprint density at radius 2 is 1.90 bits per heavy atom. The molecule has 2 aliphatic rings. The van der Waals surface area contributed by atoms with Crippen LogP contribution < -0.4 is 15.4 Å². The van der Waals surface area contributed by atoms with Crippen LogP contribution in [0.25, 0.3) is 10.9 Å². The zero-order valence-corrected chi connectivity index (χ0v) is 23.6. The largest absolute Gasteiger partial charge is 0.487 e. The molecule has 2 saturated carbocycles. The molecule has 2 aromatic heterocycles. The van der Waals surface area contributed by atoms with E-state index in [0.717, 1.165) is 25.7 Å². The summed E-state index contributed by atoms with van der Waals surface area (Å²) in [5.74, 6) is 0.0829. The van der Waals surface area contributed by atoms with Crippen LogP contribution >= 0.6 is 23.2 Å². The van der Waals surface area contributed by atoms with Gasteiger partial charge < -0.3 is 15.4 Å². The molecule has 210 valence electrons. The third kappa shape index (κ3) is 5.31. The van der Waals surface area contributed by atoms with Gasteiger partial charge in [0.2, 0.25) is 0 Å². The standard InChI is InChI=1S/C31H24Cl2FN7O/c32-24-2-1-3-26(31(24)42-22-10-11-22)38-28-18(14-35)15-36-30-23(28)12-20(13-25(30)33)37-29(17-4-6-19(34)7-5-17)27-16-41(40-39-27)21-8-9-21/h1-7,12-13,15-16,21-22,29,37H,8-11H2,(H,36,38)/i29D. The highest BCUT2D eigenvalue weighted by Gasteiger charge is 2.28. The van der Waals surface area contributed by atoms with E-state index >= 15 is 0 Å². The Balaban J connectivity index is 1.34. The number of anilines is 3. The fraction of sp³-hybridized carbons (Fsp3) is 0.226. The number of para-hydroxylation sites is 1. The topological polar surface area (TPSA) is 101 Å². The van der Waals surface area contributed by atoms with Crippen LogP contribution in [0.1, 0.15) is 55.9 Å². The number of aromatic nitrogens is 4. The van der Waals surface area contributed by atoms with Gasteiger partial charge in [-0.3, -0.25) is 4.98 Å². The first-order valence-electron chi connectivity index (χ1n) is 14.0.